The average Bonchev–Trinajstić information content (AvgIpc) is 3.18. The molecule has 114 valence electrons. The van der Waals surface area contributed by atoms with Crippen molar-refractivity contribution in [1.82, 2.24) is 29.9 Å². The summed E-state index contributed by atoms with van der Waals surface area (Å²) < 4.78 is 1.72. The zero-order valence-corrected chi connectivity index (χ0v) is 12.9. The summed E-state index contributed by atoms with van der Waals surface area (Å²) in [6, 6.07) is 7.97. The molecule has 0 atom stereocenters. The highest BCUT2D eigenvalue weighted by molar-refractivity contribution is 6.28. The Morgan fingerprint density at radius 3 is 2.65 bits per heavy atom. The van der Waals surface area contributed by atoms with E-state index < -0.39 is 0 Å². The van der Waals surface area contributed by atoms with Crippen LogP contribution in [0.1, 0.15) is 0 Å². The van der Waals surface area contributed by atoms with Gasteiger partial charge in [0, 0.05) is 24.5 Å². The third-order valence-electron chi connectivity index (χ3n) is 3.54. The molecule has 0 aliphatic rings. The highest BCUT2D eigenvalue weighted by Crippen LogP contribution is 2.26. The molecule has 23 heavy (non-hydrogen) atoms. The Balaban J connectivity index is 1.69. The molecule has 2 N–H and O–H groups in total. The Morgan fingerprint density at radius 2 is 1.91 bits per heavy atom. The van der Waals surface area contributed by atoms with E-state index in [9.17, 15) is 0 Å². The molecule has 0 amide bonds. The molecule has 0 aliphatic heterocycles. The van der Waals surface area contributed by atoms with Crippen LogP contribution in [-0.4, -0.2) is 29.9 Å². The fourth-order valence-corrected chi connectivity index (χ4v) is 2.61. The van der Waals surface area contributed by atoms with Crippen LogP contribution >= 0.6 is 11.6 Å². The minimum Gasteiger partial charge on any atom is -0.338 e. The topological polar surface area (TPSA) is 84.3 Å². The number of nitrogens with one attached hydrogen (secondary N) is 2. The van der Waals surface area contributed by atoms with Gasteiger partial charge >= 0.3 is 0 Å². The minimum atomic E-state index is 0.183. The second kappa shape index (κ2) is 5.36. The summed E-state index contributed by atoms with van der Waals surface area (Å²) in [7, 11) is 1.84. The fraction of sp³-hybridized carbons (Fsp3) is 0.0667. The van der Waals surface area contributed by atoms with Gasteiger partial charge in [-0.3, -0.25) is 9.78 Å². The first kappa shape index (κ1) is 13.7. The Morgan fingerprint density at radius 1 is 1.09 bits per heavy atom. The molecule has 1 aromatic carbocycles. The van der Waals surface area contributed by atoms with Gasteiger partial charge in [0.15, 0.2) is 5.82 Å². The van der Waals surface area contributed by atoms with Crippen molar-refractivity contribution >= 4 is 34.1 Å². The van der Waals surface area contributed by atoms with Crippen LogP contribution in [-0.2, 0) is 7.05 Å². The molecule has 0 fully saturated rings. The summed E-state index contributed by atoms with van der Waals surface area (Å²) in [5, 5.41) is 14.4. The summed E-state index contributed by atoms with van der Waals surface area (Å²) >= 11 is 5.98. The number of nitrogens with zero attached hydrogens (tertiary/aromatic N) is 5. The summed E-state index contributed by atoms with van der Waals surface area (Å²) in [5.74, 6) is 0.621. The lowest BCUT2D eigenvalue weighted by Crippen LogP contribution is -2.00. The van der Waals surface area contributed by atoms with Gasteiger partial charge in [-0.05, 0) is 29.3 Å². The average molecular weight is 326 g/mol. The lowest BCUT2D eigenvalue weighted by Gasteiger charge is -2.08. The minimum absolute atomic E-state index is 0.183. The van der Waals surface area contributed by atoms with Gasteiger partial charge in [-0.15, -0.1) is 0 Å². The molecule has 3 aromatic heterocycles. The van der Waals surface area contributed by atoms with Crippen molar-refractivity contribution in [2.45, 2.75) is 0 Å². The van der Waals surface area contributed by atoms with Crippen molar-refractivity contribution in [3.05, 3.63) is 48.1 Å². The van der Waals surface area contributed by atoms with E-state index in [-0.39, 0.29) is 5.28 Å². The van der Waals surface area contributed by atoms with Crippen molar-refractivity contribution < 1.29 is 0 Å². The third kappa shape index (κ3) is 2.51. The third-order valence-corrected chi connectivity index (χ3v) is 3.71. The van der Waals surface area contributed by atoms with E-state index in [1.165, 1.54) is 0 Å². The van der Waals surface area contributed by atoms with Gasteiger partial charge in [-0.1, -0.05) is 12.1 Å². The number of hydrogen-bond donors (Lipinski definition) is 2. The number of anilines is 2. The van der Waals surface area contributed by atoms with Crippen molar-refractivity contribution in [2.24, 2.45) is 7.05 Å². The second-order valence-electron chi connectivity index (χ2n) is 5.03. The van der Waals surface area contributed by atoms with Crippen LogP contribution in [0.4, 0.5) is 11.5 Å². The first-order valence-electron chi connectivity index (χ1n) is 6.92. The van der Waals surface area contributed by atoms with E-state index in [1.807, 2.05) is 37.5 Å². The van der Waals surface area contributed by atoms with Crippen LogP contribution < -0.4 is 5.32 Å². The summed E-state index contributed by atoms with van der Waals surface area (Å²) in [5.41, 5.74) is 4.51. The van der Waals surface area contributed by atoms with Crippen LogP contribution in [0, 0.1) is 0 Å². The maximum absolute atomic E-state index is 5.98. The predicted molar refractivity (Wildman–Crippen MR) is 88.6 cm³/mol. The molecular weight excluding hydrogens is 314 g/mol. The van der Waals surface area contributed by atoms with E-state index >= 15 is 0 Å². The molecule has 0 saturated heterocycles. The molecule has 3 heterocycles. The Hall–Kier alpha value is -2.93. The largest absolute Gasteiger partial charge is 0.338 e. The van der Waals surface area contributed by atoms with E-state index in [0.717, 1.165) is 22.3 Å². The number of halogens is 1. The molecule has 0 spiro atoms. The highest BCUT2D eigenvalue weighted by atomic mass is 35.5. The van der Waals surface area contributed by atoms with E-state index in [4.69, 9.17) is 11.6 Å². The first-order valence-corrected chi connectivity index (χ1v) is 7.30. The molecule has 7 nitrogen and oxygen atoms in total. The zero-order chi connectivity index (χ0) is 15.8. The second-order valence-corrected chi connectivity index (χ2v) is 5.37. The Labute approximate surface area is 136 Å². The van der Waals surface area contributed by atoms with Crippen molar-refractivity contribution in [3.63, 3.8) is 0 Å². The van der Waals surface area contributed by atoms with Crippen LogP contribution in [0.5, 0.6) is 0 Å². The molecule has 0 unspecified atom stereocenters. The molecule has 0 radical (unpaired) electrons. The predicted octanol–water partition coefficient (Wildman–Crippen LogP) is 3.15. The Kier molecular flexibility index (Phi) is 3.20. The molecule has 0 saturated carbocycles. The number of aryl methyl sites for hydroxylation is 1. The van der Waals surface area contributed by atoms with Gasteiger partial charge in [0.25, 0.3) is 0 Å². The van der Waals surface area contributed by atoms with Gasteiger partial charge < -0.3 is 5.32 Å². The number of fused-ring (bicyclic) bond motifs is 1. The fourth-order valence-electron chi connectivity index (χ4n) is 2.43. The molecule has 4 rings (SSSR count). The first-order chi connectivity index (χ1) is 11.2. The molecule has 0 aliphatic carbocycles. The van der Waals surface area contributed by atoms with Gasteiger partial charge in [-0.25, -0.2) is 4.98 Å². The number of H-pyrrole nitrogens is 1. The summed E-state index contributed by atoms with van der Waals surface area (Å²) in [6.45, 7) is 0. The molecule has 0 bridgehead atoms. The smallest absolute Gasteiger partial charge is 0.225 e. The molecular formula is C15H12ClN7. The van der Waals surface area contributed by atoms with Gasteiger partial charge in [0.1, 0.15) is 11.0 Å². The summed E-state index contributed by atoms with van der Waals surface area (Å²) in [6.07, 6.45) is 5.30. The number of benzene rings is 1. The van der Waals surface area contributed by atoms with Crippen molar-refractivity contribution in [2.75, 3.05) is 5.32 Å². The molecule has 8 heteroatoms. The maximum atomic E-state index is 5.98. The van der Waals surface area contributed by atoms with Crippen molar-refractivity contribution in [1.29, 1.82) is 0 Å². The van der Waals surface area contributed by atoms with Gasteiger partial charge in [-0.2, -0.15) is 15.2 Å². The summed E-state index contributed by atoms with van der Waals surface area (Å²) in [4.78, 5) is 8.44. The number of aromatic nitrogens is 6. The van der Waals surface area contributed by atoms with Crippen LogP contribution in [0.2, 0.25) is 5.28 Å². The zero-order valence-electron chi connectivity index (χ0n) is 12.2. The number of rotatable bonds is 3. The van der Waals surface area contributed by atoms with E-state index in [0.29, 0.717) is 11.3 Å². The van der Waals surface area contributed by atoms with Gasteiger partial charge in [0.05, 0.1) is 12.4 Å². The normalized spacial score (nSPS) is 11.0. The quantitative estimate of drug-likeness (QED) is 0.565. The standard InChI is InChI=1S/C15H12ClN7/c1-23-13-12(8-19-23)21-15(16)22-14(13)20-11-4-2-9(3-5-11)10-6-17-18-7-10/h2-8H,1H3,(H,17,18)(H,20,21,22). The SMILES string of the molecule is Cn1ncc2nc(Cl)nc(Nc3ccc(-c4cn[nH]c4)cc3)c21. The van der Waals surface area contributed by atoms with E-state index in [2.05, 4.69) is 30.6 Å². The number of hydrogen-bond acceptors (Lipinski definition) is 5. The lowest BCUT2D eigenvalue weighted by molar-refractivity contribution is 0.796. The maximum Gasteiger partial charge on any atom is 0.225 e. The Bertz CT molecular complexity index is 958. The van der Waals surface area contributed by atoms with E-state index in [1.54, 1.807) is 17.1 Å². The lowest BCUT2D eigenvalue weighted by atomic mass is 10.1. The highest BCUT2D eigenvalue weighted by Gasteiger charge is 2.11. The van der Waals surface area contributed by atoms with Crippen LogP contribution in [0.15, 0.2) is 42.9 Å². The van der Waals surface area contributed by atoms with Crippen molar-refractivity contribution in [3.8, 4) is 11.1 Å². The van der Waals surface area contributed by atoms with Gasteiger partial charge in [0.2, 0.25) is 5.28 Å². The monoisotopic (exact) mass is 325 g/mol. The van der Waals surface area contributed by atoms with Crippen LogP contribution in [0.3, 0.4) is 0 Å². The van der Waals surface area contributed by atoms with Crippen LogP contribution in [0.25, 0.3) is 22.2 Å². The number of aromatic amines is 1. The molecule has 4 aromatic rings.